The van der Waals surface area contributed by atoms with Gasteiger partial charge in [0.25, 0.3) is 5.91 Å². The maximum Gasteiger partial charge on any atom is 0.251 e. The SMILES string of the molecule is CC(C)NC(=O)c1ccc(OCC2CCCN2C(=O)Cn2cnnn2)cc1. The van der Waals surface area contributed by atoms with Crippen LogP contribution in [0, 0.1) is 0 Å². The predicted molar refractivity (Wildman–Crippen MR) is 97.1 cm³/mol. The topological polar surface area (TPSA) is 102 Å². The van der Waals surface area contributed by atoms with Crippen molar-refractivity contribution in [3.05, 3.63) is 36.2 Å². The molecule has 1 unspecified atom stereocenters. The number of ether oxygens (including phenoxy) is 1. The molecule has 0 radical (unpaired) electrons. The molecule has 1 aromatic carbocycles. The molecule has 27 heavy (non-hydrogen) atoms. The summed E-state index contributed by atoms with van der Waals surface area (Å²) in [6, 6.07) is 7.14. The Morgan fingerprint density at radius 2 is 2.07 bits per heavy atom. The van der Waals surface area contributed by atoms with Crippen molar-refractivity contribution in [1.29, 1.82) is 0 Å². The van der Waals surface area contributed by atoms with Crippen molar-refractivity contribution >= 4 is 11.8 Å². The average molecular weight is 372 g/mol. The first kappa shape index (κ1) is 18.8. The fourth-order valence-electron chi connectivity index (χ4n) is 3.06. The van der Waals surface area contributed by atoms with Gasteiger partial charge in [0.1, 0.15) is 25.2 Å². The van der Waals surface area contributed by atoms with Gasteiger partial charge in [-0.2, -0.15) is 0 Å². The van der Waals surface area contributed by atoms with Gasteiger partial charge in [-0.1, -0.05) is 0 Å². The fourth-order valence-corrected chi connectivity index (χ4v) is 3.06. The van der Waals surface area contributed by atoms with Crippen LogP contribution >= 0.6 is 0 Å². The number of nitrogens with one attached hydrogen (secondary N) is 1. The van der Waals surface area contributed by atoms with Gasteiger partial charge in [-0.25, -0.2) is 4.68 Å². The number of nitrogens with zero attached hydrogens (tertiary/aromatic N) is 5. The number of amides is 2. The van der Waals surface area contributed by atoms with E-state index in [-0.39, 0.29) is 30.4 Å². The number of rotatable bonds is 7. The molecule has 1 aromatic heterocycles. The minimum atomic E-state index is -0.105. The molecule has 3 rings (SSSR count). The van der Waals surface area contributed by atoms with Crippen LogP contribution in [0.5, 0.6) is 5.75 Å². The summed E-state index contributed by atoms with van der Waals surface area (Å²) in [6.07, 6.45) is 3.27. The van der Waals surface area contributed by atoms with Gasteiger partial charge in [-0.3, -0.25) is 9.59 Å². The zero-order valence-corrected chi connectivity index (χ0v) is 15.5. The molecule has 2 amide bonds. The molecule has 0 aliphatic carbocycles. The van der Waals surface area contributed by atoms with Gasteiger partial charge in [0.2, 0.25) is 5.91 Å². The van der Waals surface area contributed by atoms with E-state index in [2.05, 4.69) is 20.8 Å². The molecule has 9 heteroatoms. The van der Waals surface area contributed by atoms with E-state index in [0.29, 0.717) is 24.5 Å². The number of carbonyl (C=O) groups excluding carboxylic acids is 2. The highest BCUT2D eigenvalue weighted by Gasteiger charge is 2.29. The van der Waals surface area contributed by atoms with Crippen LogP contribution in [0.3, 0.4) is 0 Å². The Bertz CT molecular complexity index is 760. The summed E-state index contributed by atoms with van der Waals surface area (Å²) in [5.41, 5.74) is 0.593. The van der Waals surface area contributed by atoms with Crippen LogP contribution in [-0.2, 0) is 11.3 Å². The second-order valence-corrected chi connectivity index (χ2v) is 6.85. The Balaban J connectivity index is 1.52. The molecule has 9 nitrogen and oxygen atoms in total. The Morgan fingerprint density at radius 3 is 2.74 bits per heavy atom. The van der Waals surface area contributed by atoms with Gasteiger partial charge in [0, 0.05) is 18.2 Å². The molecular formula is C18H24N6O3. The van der Waals surface area contributed by atoms with Gasteiger partial charge in [-0.15, -0.1) is 5.10 Å². The zero-order chi connectivity index (χ0) is 19.2. The van der Waals surface area contributed by atoms with Crippen molar-refractivity contribution in [2.24, 2.45) is 0 Å². The highest BCUT2D eigenvalue weighted by atomic mass is 16.5. The van der Waals surface area contributed by atoms with Crippen LogP contribution < -0.4 is 10.1 Å². The van der Waals surface area contributed by atoms with Crippen molar-refractivity contribution in [2.75, 3.05) is 13.2 Å². The molecule has 1 fully saturated rings. The Morgan fingerprint density at radius 1 is 1.30 bits per heavy atom. The van der Waals surface area contributed by atoms with Crippen LogP contribution in [0.2, 0.25) is 0 Å². The van der Waals surface area contributed by atoms with E-state index in [4.69, 9.17) is 4.74 Å². The van der Waals surface area contributed by atoms with Gasteiger partial charge in [0.05, 0.1) is 6.04 Å². The maximum absolute atomic E-state index is 12.5. The molecule has 0 bridgehead atoms. The minimum Gasteiger partial charge on any atom is -0.491 e. The molecule has 1 saturated heterocycles. The van der Waals surface area contributed by atoms with E-state index in [1.807, 2.05) is 18.7 Å². The van der Waals surface area contributed by atoms with Crippen LogP contribution in [0.1, 0.15) is 37.0 Å². The summed E-state index contributed by atoms with van der Waals surface area (Å²) in [4.78, 5) is 26.2. The molecule has 0 spiro atoms. The Labute approximate surface area is 157 Å². The van der Waals surface area contributed by atoms with E-state index >= 15 is 0 Å². The van der Waals surface area contributed by atoms with Crippen LogP contribution in [0.15, 0.2) is 30.6 Å². The van der Waals surface area contributed by atoms with E-state index < -0.39 is 0 Å². The maximum atomic E-state index is 12.5. The summed E-state index contributed by atoms with van der Waals surface area (Å²) in [5, 5.41) is 13.7. The number of aromatic nitrogens is 4. The lowest BCUT2D eigenvalue weighted by Gasteiger charge is -2.24. The molecule has 0 saturated carbocycles. The third kappa shape index (κ3) is 5.02. The van der Waals surface area contributed by atoms with Gasteiger partial charge in [-0.05, 0) is 61.4 Å². The number of tetrazole rings is 1. The van der Waals surface area contributed by atoms with Crippen LogP contribution in [-0.4, -0.2) is 62.2 Å². The molecule has 1 aliphatic heterocycles. The summed E-state index contributed by atoms with van der Waals surface area (Å²) in [7, 11) is 0. The lowest BCUT2D eigenvalue weighted by atomic mass is 10.2. The quantitative estimate of drug-likeness (QED) is 0.774. The Hall–Kier alpha value is -2.97. The monoisotopic (exact) mass is 372 g/mol. The van der Waals surface area contributed by atoms with Crippen molar-refractivity contribution in [3.63, 3.8) is 0 Å². The van der Waals surface area contributed by atoms with E-state index in [9.17, 15) is 9.59 Å². The summed E-state index contributed by atoms with van der Waals surface area (Å²) >= 11 is 0. The molecule has 1 aliphatic rings. The first-order chi connectivity index (χ1) is 13.0. The van der Waals surface area contributed by atoms with Crippen LogP contribution in [0.25, 0.3) is 0 Å². The second-order valence-electron chi connectivity index (χ2n) is 6.85. The van der Waals surface area contributed by atoms with E-state index in [0.717, 1.165) is 12.8 Å². The largest absolute Gasteiger partial charge is 0.491 e. The summed E-state index contributed by atoms with van der Waals surface area (Å²) in [5.74, 6) is 0.552. The highest BCUT2D eigenvalue weighted by molar-refractivity contribution is 5.94. The highest BCUT2D eigenvalue weighted by Crippen LogP contribution is 2.20. The number of hydrogen-bond acceptors (Lipinski definition) is 6. The van der Waals surface area contributed by atoms with Crippen molar-refractivity contribution < 1.29 is 14.3 Å². The van der Waals surface area contributed by atoms with Gasteiger partial charge >= 0.3 is 0 Å². The third-order valence-corrected chi connectivity index (χ3v) is 4.36. The standard InChI is InChI=1S/C18H24N6O3/c1-13(2)20-18(26)14-5-7-16(8-6-14)27-11-15-4-3-9-24(15)17(25)10-23-12-19-21-22-23/h5-8,12-13,15H,3-4,9-11H2,1-2H3,(H,20,26). The molecule has 2 aromatic rings. The molecule has 1 N–H and O–H groups in total. The zero-order valence-electron chi connectivity index (χ0n) is 15.5. The van der Waals surface area contributed by atoms with E-state index in [1.165, 1.54) is 11.0 Å². The number of hydrogen-bond donors (Lipinski definition) is 1. The first-order valence-corrected chi connectivity index (χ1v) is 9.07. The second kappa shape index (κ2) is 8.61. The Kier molecular flexibility index (Phi) is 6.00. The van der Waals surface area contributed by atoms with Gasteiger partial charge < -0.3 is 15.0 Å². The summed E-state index contributed by atoms with van der Waals surface area (Å²) in [6.45, 7) is 5.10. The first-order valence-electron chi connectivity index (χ1n) is 9.07. The number of likely N-dealkylation sites (tertiary alicyclic amines) is 1. The lowest BCUT2D eigenvalue weighted by Crippen LogP contribution is -2.40. The fraction of sp³-hybridized carbons (Fsp3) is 0.500. The average Bonchev–Trinajstić information content (AvgIpc) is 3.31. The summed E-state index contributed by atoms with van der Waals surface area (Å²) < 4.78 is 7.26. The predicted octanol–water partition coefficient (Wildman–Crippen LogP) is 0.881. The molecule has 2 heterocycles. The third-order valence-electron chi connectivity index (χ3n) is 4.36. The lowest BCUT2D eigenvalue weighted by molar-refractivity contribution is -0.133. The molecular weight excluding hydrogens is 348 g/mol. The van der Waals surface area contributed by atoms with E-state index in [1.54, 1.807) is 24.3 Å². The molecule has 144 valence electrons. The smallest absolute Gasteiger partial charge is 0.251 e. The normalized spacial score (nSPS) is 16.6. The van der Waals surface area contributed by atoms with Crippen molar-refractivity contribution in [1.82, 2.24) is 30.4 Å². The number of carbonyl (C=O) groups is 2. The minimum absolute atomic E-state index is 0.0193. The number of benzene rings is 1. The van der Waals surface area contributed by atoms with Crippen molar-refractivity contribution in [2.45, 2.75) is 45.3 Å². The van der Waals surface area contributed by atoms with Gasteiger partial charge in [0.15, 0.2) is 0 Å². The van der Waals surface area contributed by atoms with Crippen molar-refractivity contribution in [3.8, 4) is 5.75 Å². The molecule has 1 atom stereocenters. The van der Waals surface area contributed by atoms with Crippen LogP contribution in [0.4, 0.5) is 0 Å².